The molecule has 0 atom stereocenters. The van der Waals surface area contributed by atoms with Crippen molar-refractivity contribution in [2.75, 3.05) is 13.7 Å². The zero-order valence-electron chi connectivity index (χ0n) is 10.6. The van der Waals surface area contributed by atoms with E-state index in [9.17, 15) is 9.90 Å². The Hall–Kier alpha value is -1.71. The van der Waals surface area contributed by atoms with E-state index < -0.39 is 0 Å². The molecule has 4 nitrogen and oxygen atoms in total. The first kappa shape index (κ1) is 12.7. The van der Waals surface area contributed by atoms with Crippen molar-refractivity contribution >= 4 is 5.91 Å². The number of ether oxygens (including phenoxy) is 1. The molecule has 98 valence electrons. The third-order valence-corrected chi connectivity index (χ3v) is 3.47. The van der Waals surface area contributed by atoms with Gasteiger partial charge in [-0.25, -0.2) is 0 Å². The second kappa shape index (κ2) is 5.76. The average Bonchev–Trinajstić information content (AvgIpc) is 2.89. The van der Waals surface area contributed by atoms with Crippen LogP contribution in [0, 0.1) is 5.92 Å². The summed E-state index contributed by atoms with van der Waals surface area (Å²) in [5, 5.41) is 12.6. The van der Waals surface area contributed by atoms with Crippen LogP contribution in [0.2, 0.25) is 0 Å². The molecule has 0 radical (unpaired) electrons. The fourth-order valence-corrected chi connectivity index (χ4v) is 2.37. The third-order valence-electron chi connectivity index (χ3n) is 3.47. The third kappa shape index (κ3) is 2.94. The highest BCUT2D eigenvalue weighted by Crippen LogP contribution is 2.25. The lowest BCUT2D eigenvalue weighted by atomic mass is 10.1. The predicted octanol–water partition coefficient (Wildman–Crippen LogP) is 2.32. The normalized spacial score (nSPS) is 15.6. The summed E-state index contributed by atoms with van der Waals surface area (Å²) in [5.74, 6) is 0.901. The van der Waals surface area contributed by atoms with E-state index in [1.165, 1.54) is 38.9 Å². The SMILES string of the molecule is COc1ccc(O)c(C(=O)NCC2CCCC2)c1. The molecule has 0 bridgehead atoms. The molecule has 2 rings (SSSR count). The Morgan fingerprint density at radius 1 is 1.44 bits per heavy atom. The first-order valence-electron chi connectivity index (χ1n) is 6.36. The van der Waals surface area contributed by atoms with E-state index in [-0.39, 0.29) is 17.2 Å². The molecule has 0 aliphatic heterocycles. The summed E-state index contributed by atoms with van der Waals surface area (Å²) in [7, 11) is 1.53. The molecule has 1 aliphatic carbocycles. The molecule has 1 fully saturated rings. The Bertz CT molecular complexity index is 425. The highest BCUT2D eigenvalue weighted by Gasteiger charge is 2.17. The maximum atomic E-state index is 12.0. The van der Waals surface area contributed by atoms with Gasteiger partial charge in [-0.2, -0.15) is 0 Å². The van der Waals surface area contributed by atoms with Gasteiger partial charge in [-0.05, 0) is 37.0 Å². The molecule has 18 heavy (non-hydrogen) atoms. The smallest absolute Gasteiger partial charge is 0.255 e. The summed E-state index contributed by atoms with van der Waals surface area (Å²) in [6.45, 7) is 0.690. The summed E-state index contributed by atoms with van der Waals surface area (Å²) < 4.78 is 5.05. The first-order chi connectivity index (χ1) is 8.70. The van der Waals surface area contributed by atoms with Gasteiger partial charge in [0.05, 0.1) is 12.7 Å². The molecule has 0 unspecified atom stereocenters. The Morgan fingerprint density at radius 2 is 2.17 bits per heavy atom. The predicted molar refractivity (Wildman–Crippen MR) is 69.0 cm³/mol. The number of phenols is 1. The monoisotopic (exact) mass is 249 g/mol. The number of hydrogen-bond donors (Lipinski definition) is 2. The van der Waals surface area contributed by atoms with Gasteiger partial charge in [0.15, 0.2) is 0 Å². The van der Waals surface area contributed by atoms with Gasteiger partial charge in [0.1, 0.15) is 11.5 Å². The number of methoxy groups -OCH3 is 1. The summed E-state index contributed by atoms with van der Waals surface area (Å²) in [6.07, 6.45) is 4.88. The molecule has 4 heteroatoms. The van der Waals surface area contributed by atoms with Gasteiger partial charge in [-0.15, -0.1) is 0 Å². The van der Waals surface area contributed by atoms with Crippen LogP contribution >= 0.6 is 0 Å². The number of rotatable bonds is 4. The van der Waals surface area contributed by atoms with Crippen LogP contribution < -0.4 is 10.1 Å². The second-order valence-corrected chi connectivity index (χ2v) is 4.74. The lowest BCUT2D eigenvalue weighted by Gasteiger charge is -2.12. The minimum absolute atomic E-state index is 0.0141. The number of nitrogens with one attached hydrogen (secondary N) is 1. The van der Waals surface area contributed by atoms with Crippen LogP contribution in [0.15, 0.2) is 18.2 Å². The molecule has 1 saturated carbocycles. The first-order valence-corrected chi connectivity index (χ1v) is 6.36. The fraction of sp³-hybridized carbons (Fsp3) is 0.500. The van der Waals surface area contributed by atoms with Crippen LogP contribution in [-0.4, -0.2) is 24.7 Å². The van der Waals surface area contributed by atoms with Crippen LogP contribution in [0.1, 0.15) is 36.0 Å². The zero-order valence-corrected chi connectivity index (χ0v) is 10.6. The number of amides is 1. The average molecular weight is 249 g/mol. The minimum atomic E-state index is -0.238. The Balaban J connectivity index is 1.98. The maximum Gasteiger partial charge on any atom is 0.255 e. The van der Waals surface area contributed by atoms with E-state index >= 15 is 0 Å². The van der Waals surface area contributed by atoms with Crippen molar-refractivity contribution in [2.45, 2.75) is 25.7 Å². The van der Waals surface area contributed by atoms with Crippen molar-refractivity contribution in [3.05, 3.63) is 23.8 Å². The van der Waals surface area contributed by atoms with E-state index in [4.69, 9.17) is 4.74 Å². The highest BCUT2D eigenvalue weighted by atomic mass is 16.5. The van der Waals surface area contributed by atoms with Gasteiger partial charge in [0.2, 0.25) is 0 Å². The number of hydrogen-bond acceptors (Lipinski definition) is 3. The Kier molecular flexibility index (Phi) is 4.07. The van der Waals surface area contributed by atoms with Crippen molar-refractivity contribution in [3.8, 4) is 11.5 Å². The number of phenolic OH excluding ortho intramolecular Hbond substituents is 1. The summed E-state index contributed by atoms with van der Waals surface area (Å²) in [5.41, 5.74) is 0.271. The van der Waals surface area contributed by atoms with E-state index in [1.807, 2.05) is 0 Å². The topological polar surface area (TPSA) is 58.6 Å². The van der Waals surface area contributed by atoms with Crippen molar-refractivity contribution < 1.29 is 14.6 Å². The lowest BCUT2D eigenvalue weighted by Crippen LogP contribution is -2.28. The van der Waals surface area contributed by atoms with E-state index in [1.54, 1.807) is 12.1 Å². The molecule has 1 aliphatic rings. The molecule has 0 saturated heterocycles. The number of aromatic hydroxyl groups is 1. The minimum Gasteiger partial charge on any atom is -0.507 e. The zero-order chi connectivity index (χ0) is 13.0. The maximum absolute atomic E-state index is 12.0. The quantitative estimate of drug-likeness (QED) is 0.861. The molecular formula is C14H19NO3. The lowest BCUT2D eigenvalue weighted by molar-refractivity contribution is 0.0944. The summed E-state index contributed by atoms with van der Waals surface area (Å²) in [4.78, 5) is 12.0. The summed E-state index contributed by atoms with van der Waals surface area (Å²) in [6, 6.07) is 4.66. The van der Waals surface area contributed by atoms with Crippen molar-refractivity contribution in [3.63, 3.8) is 0 Å². The summed E-state index contributed by atoms with van der Waals surface area (Å²) >= 11 is 0. The van der Waals surface area contributed by atoms with E-state index in [0.29, 0.717) is 18.2 Å². The van der Waals surface area contributed by atoms with Crippen LogP contribution in [0.4, 0.5) is 0 Å². The van der Waals surface area contributed by atoms with Gasteiger partial charge >= 0.3 is 0 Å². The van der Waals surface area contributed by atoms with Crippen molar-refractivity contribution in [2.24, 2.45) is 5.92 Å². The van der Waals surface area contributed by atoms with Crippen LogP contribution in [0.3, 0.4) is 0 Å². The van der Waals surface area contributed by atoms with Gasteiger partial charge in [-0.3, -0.25) is 4.79 Å². The van der Waals surface area contributed by atoms with E-state index in [2.05, 4.69) is 5.32 Å². The van der Waals surface area contributed by atoms with Crippen molar-refractivity contribution in [1.29, 1.82) is 0 Å². The Labute approximate surface area is 107 Å². The van der Waals surface area contributed by atoms with Gasteiger partial charge in [-0.1, -0.05) is 12.8 Å². The Morgan fingerprint density at radius 3 is 2.83 bits per heavy atom. The van der Waals surface area contributed by atoms with Crippen LogP contribution in [-0.2, 0) is 0 Å². The second-order valence-electron chi connectivity index (χ2n) is 4.74. The molecule has 0 aromatic heterocycles. The molecule has 1 amide bonds. The highest BCUT2D eigenvalue weighted by molar-refractivity contribution is 5.97. The molecule has 1 aromatic rings. The van der Waals surface area contributed by atoms with Gasteiger partial charge in [0, 0.05) is 6.54 Å². The number of benzene rings is 1. The molecule has 0 spiro atoms. The molecule has 0 heterocycles. The largest absolute Gasteiger partial charge is 0.507 e. The van der Waals surface area contributed by atoms with Crippen LogP contribution in [0.25, 0.3) is 0 Å². The molecule has 1 aromatic carbocycles. The number of carbonyl (C=O) groups excluding carboxylic acids is 1. The molecular weight excluding hydrogens is 230 g/mol. The standard InChI is InChI=1S/C14H19NO3/c1-18-11-6-7-13(16)12(8-11)14(17)15-9-10-4-2-3-5-10/h6-8,10,16H,2-5,9H2,1H3,(H,15,17). The number of carbonyl (C=O) groups is 1. The van der Waals surface area contributed by atoms with Crippen molar-refractivity contribution in [1.82, 2.24) is 5.32 Å². The van der Waals surface area contributed by atoms with Gasteiger partial charge < -0.3 is 15.2 Å². The van der Waals surface area contributed by atoms with Gasteiger partial charge in [0.25, 0.3) is 5.91 Å². The van der Waals surface area contributed by atoms with Crippen LogP contribution in [0.5, 0.6) is 11.5 Å². The fourth-order valence-electron chi connectivity index (χ4n) is 2.37. The molecule has 2 N–H and O–H groups in total. The van der Waals surface area contributed by atoms with E-state index in [0.717, 1.165) is 0 Å².